The van der Waals surface area contributed by atoms with Crippen LogP contribution in [0.15, 0.2) is 152 Å². The summed E-state index contributed by atoms with van der Waals surface area (Å²) in [5, 5.41) is 7.75. The Bertz CT molecular complexity index is 2460. The number of thiophene rings is 2. The van der Waals surface area contributed by atoms with Crippen molar-refractivity contribution in [3.63, 3.8) is 0 Å². The molecule has 0 aliphatic carbocycles. The number of fused-ring (bicyclic) bond motifs is 7. The van der Waals surface area contributed by atoms with Gasteiger partial charge in [-0.25, -0.2) is 0 Å². The molecule has 3 heteroatoms. The van der Waals surface area contributed by atoms with Crippen molar-refractivity contribution < 1.29 is 0 Å². The molecule has 2 aromatic heterocycles. The summed E-state index contributed by atoms with van der Waals surface area (Å²) < 4.78 is 5.29. The summed E-state index contributed by atoms with van der Waals surface area (Å²) in [5.41, 5.74) is 5.99. The summed E-state index contributed by atoms with van der Waals surface area (Å²) in [6, 6.07) is 55.4. The lowest BCUT2D eigenvalue weighted by Crippen LogP contribution is -2.10. The van der Waals surface area contributed by atoms with Crippen LogP contribution in [-0.4, -0.2) is 0 Å². The Morgan fingerprint density at radius 1 is 0.372 bits per heavy atom. The molecule has 9 rings (SSSR count). The molecule has 1 nitrogen and oxygen atoms in total. The molecule has 0 unspecified atom stereocenters. The van der Waals surface area contributed by atoms with E-state index in [0.717, 1.165) is 5.69 Å². The summed E-state index contributed by atoms with van der Waals surface area (Å²) >= 11 is 3.74. The third kappa shape index (κ3) is 3.97. The highest BCUT2D eigenvalue weighted by atomic mass is 32.1. The number of hydrogen-bond acceptors (Lipinski definition) is 3. The van der Waals surface area contributed by atoms with Crippen LogP contribution in [-0.2, 0) is 0 Å². The van der Waals surface area contributed by atoms with Crippen molar-refractivity contribution in [2.45, 2.75) is 0 Å². The summed E-state index contributed by atoms with van der Waals surface area (Å²) in [4.78, 5) is 2.44. The van der Waals surface area contributed by atoms with Crippen LogP contribution >= 0.6 is 22.7 Å². The van der Waals surface area contributed by atoms with E-state index < -0.39 is 0 Å². The first-order valence-electron chi connectivity index (χ1n) is 14.5. The van der Waals surface area contributed by atoms with Crippen LogP contribution in [0, 0.1) is 0 Å². The van der Waals surface area contributed by atoms with Crippen molar-refractivity contribution in [1.82, 2.24) is 0 Å². The molecule has 0 amide bonds. The van der Waals surface area contributed by atoms with E-state index in [1.165, 1.54) is 73.6 Å². The fraction of sp³-hybridized carbons (Fsp3) is 0. The maximum atomic E-state index is 2.44. The molecule has 202 valence electrons. The molecule has 2 heterocycles. The SMILES string of the molecule is c1ccc2c(N(c3ccc(-c4ccc5sc6ccccc6c5c4)cc3)c3cccc4c3sc3ccccc34)cccc2c1. The normalized spacial score (nSPS) is 11.7. The van der Waals surface area contributed by atoms with E-state index in [-0.39, 0.29) is 0 Å². The summed E-state index contributed by atoms with van der Waals surface area (Å²) in [5.74, 6) is 0. The van der Waals surface area contributed by atoms with Crippen molar-refractivity contribution in [2.75, 3.05) is 4.90 Å². The molecule has 0 radical (unpaired) electrons. The van der Waals surface area contributed by atoms with E-state index in [2.05, 4.69) is 157 Å². The largest absolute Gasteiger partial charge is 0.308 e. The first-order chi connectivity index (χ1) is 21.3. The smallest absolute Gasteiger partial charge is 0.0640 e. The van der Waals surface area contributed by atoms with Crippen LogP contribution in [0.1, 0.15) is 0 Å². The van der Waals surface area contributed by atoms with E-state index in [1.807, 2.05) is 22.7 Å². The van der Waals surface area contributed by atoms with Gasteiger partial charge in [-0.3, -0.25) is 0 Å². The zero-order valence-electron chi connectivity index (χ0n) is 23.2. The van der Waals surface area contributed by atoms with Crippen LogP contribution in [0.2, 0.25) is 0 Å². The van der Waals surface area contributed by atoms with Crippen molar-refractivity contribution in [1.29, 1.82) is 0 Å². The van der Waals surface area contributed by atoms with Gasteiger partial charge in [-0.15, -0.1) is 22.7 Å². The van der Waals surface area contributed by atoms with Gasteiger partial charge in [0.05, 0.1) is 16.1 Å². The predicted molar refractivity (Wildman–Crippen MR) is 190 cm³/mol. The predicted octanol–water partition coefficient (Wildman–Crippen LogP) is 12.7. The van der Waals surface area contributed by atoms with Crippen LogP contribution < -0.4 is 4.90 Å². The van der Waals surface area contributed by atoms with Crippen LogP contribution in [0.4, 0.5) is 17.1 Å². The molecule has 0 N–H and O–H groups in total. The second-order valence-electron chi connectivity index (χ2n) is 10.9. The van der Waals surface area contributed by atoms with E-state index >= 15 is 0 Å². The lowest BCUT2D eigenvalue weighted by molar-refractivity contribution is 1.32. The standard InChI is InChI=1S/C40H25NS2/c1-2-11-30-27(9-1)10-7-15-35(30)41(36-16-8-14-33-31-12-3-6-18-38(31)43-40(33)36)29-22-19-26(20-23-29)28-21-24-39-34(25-28)32-13-4-5-17-37(32)42-39/h1-25H. The van der Waals surface area contributed by atoms with Gasteiger partial charge in [0.1, 0.15) is 0 Å². The molecule has 7 aromatic carbocycles. The van der Waals surface area contributed by atoms with Crippen LogP contribution in [0.5, 0.6) is 0 Å². The van der Waals surface area contributed by atoms with E-state index in [0.29, 0.717) is 0 Å². The zero-order chi connectivity index (χ0) is 28.3. The summed E-state index contributed by atoms with van der Waals surface area (Å²) in [6.45, 7) is 0. The van der Waals surface area contributed by atoms with Crippen molar-refractivity contribution in [2.24, 2.45) is 0 Å². The number of nitrogens with zero attached hydrogens (tertiary/aromatic N) is 1. The molecule has 0 spiro atoms. The molecule has 43 heavy (non-hydrogen) atoms. The molecule has 0 bridgehead atoms. The van der Waals surface area contributed by atoms with E-state index in [9.17, 15) is 0 Å². The number of rotatable bonds is 4. The van der Waals surface area contributed by atoms with Gasteiger partial charge in [-0.05, 0) is 65.0 Å². The minimum Gasteiger partial charge on any atom is -0.308 e. The molecule has 0 atom stereocenters. The van der Waals surface area contributed by atoms with Gasteiger partial charge in [0.15, 0.2) is 0 Å². The van der Waals surface area contributed by atoms with E-state index in [1.54, 1.807) is 0 Å². The third-order valence-electron chi connectivity index (χ3n) is 8.47. The maximum absolute atomic E-state index is 2.44. The van der Waals surface area contributed by atoms with Crippen LogP contribution in [0.3, 0.4) is 0 Å². The topological polar surface area (TPSA) is 3.24 Å². The Labute approximate surface area is 257 Å². The Morgan fingerprint density at radius 2 is 0.953 bits per heavy atom. The van der Waals surface area contributed by atoms with Gasteiger partial charge in [-0.1, -0.05) is 103 Å². The lowest BCUT2D eigenvalue weighted by atomic mass is 10.0. The second kappa shape index (κ2) is 9.81. The van der Waals surface area contributed by atoms with Gasteiger partial charge in [-0.2, -0.15) is 0 Å². The maximum Gasteiger partial charge on any atom is 0.0640 e. The number of anilines is 3. The lowest BCUT2D eigenvalue weighted by Gasteiger charge is -2.27. The summed E-state index contributed by atoms with van der Waals surface area (Å²) in [7, 11) is 0. The van der Waals surface area contributed by atoms with Crippen molar-refractivity contribution in [3.05, 3.63) is 152 Å². The fourth-order valence-electron chi connectivity index (χ4n) is 6.43. The van der Waals surface area contributed by atoms with Crippen molar-refractivity contribution >= 4 is 90.9 Å². The van der Waals surface area contributed by atoms with Gasteiger partial charge in [0.25, 0.3) is 0 Å². The zero-order valence-corrected chi connectivity index (χ0v) is 24.8. The Kier molecular flexibility index (Phi) is 5.62. The van der Waals surface area contributed by atoms with Crippen LogP contribution in [0.25, 0.3) is 62.2 Å². The van der Waals surface area contributed by atoms with Gasteiger partial charge >= 0.3 is 0 Å². The van der Waals surface area contributed by atoms with Gasteiger partial charge in [0.2, 0.25) is 0 Å². The monoisotopic (exact) mass is 583 g/mol. The highest BCUT2D eigenvalue weighted by Gasteiger charge is 2.20. The average molecular weight is 584 g/mol. The number of hydrogen-bond donors (Lipinski definition) is 0. The first-order valence-corrected chi connectivity index (χ1v) is 16.1. The molecular formula is C40H25NS2. The molecular weight excluding hydrogens is 559 g/mol. The highest BCUT2D eigenvalue weighted by Crippen LogP contribution is 2.46. The van der Waals surface area contributed by atoms with E-state index in [4.69, 9.17) is 0 Å². The van der Waals surface area contributed by atoms with Gasteiger partial charge in [0, 0.05) is 46.7 Å². The van der Waals surface area contributed by atoms with Gasteiger partial charge < -0.3 is 4.90 Å². The molecule has 0 aliphatic heterocycles. The first kappa shape index (κ1) is 24.6. The summed E-state index contributed by atoms with van der Waals surface area (Å²) in [6.07, 6.45) is 0. The third-order valence-corrected chi connectivity index (χ3v) is 10.8. The Balaban J connectivity index is 1.23. The Morgan fingerprint density at radius 3 is 1.79 bits per heavy atom. The van der Waals surface area contributed by atoms with Crippen molar-refractivity contribution in [3.8, 4) is 11.1 Å². The minimum absolute atomic E-state index is 1.15. The Hall–Kier alpha value is -4.96. The molecule has 0 saturated carbocycles. The average Bonchev–Trinajstić information content (AvgIpc) is 3.64. The highest BCUT2D eigenvalue weighted by molar-refractivity contribution is 7.26. The molecule has 0 saturated heterocycles. The fourth-order valence-corrected chi connectivity index (χ4v) is 8.72. The molecule has 0 fully saturated rings. The quantitative estimate of drug-likeness (QED) is 0.199. The molecule has 0 aliphatic rings. The molecule has 9 aromatic rings. The second-order valence-corrected chi connectivity index (χ2v) is 13.1. The minimum atomic E-state index is 1.15. The number of benzene rings is 7.